The first-order chi connectivity index (χ1) is 7.77. The van der Waals surface area contributed by atoms with Crippen LogP contribution in [0.5, 0.6) is 0 Å². The van der Waals surface area contributed by atoms with Gasteiger partial charge >= 0.3 is 0 Å². The molecule has 1 N–H and O–H groups in total. The fraction of sp³-hybridized carbons (Fsp3) is 0.909. The SMILES string of the molecule is CC.C[N-]CCOCCOCCNC(C)=O.[Y]. The van der Waals surface area contributed by atoms with Crippen LogP contribution in [0.25, 0.3) is 5.32 Å². The minimum Gasteiger partial charge on any atom is -0.663 e. The molecule has 1 radical (unpaired) electrons. The summed E-state index contributed by atoms with van der Waals surface area (Å²) in [7, 11) is 1.76. The summed E-state index contributed by atoms with van der Waals surface area (Å²) in [5.41, 5.74) is 0. The van der Waals surface area contributed by atoms with Gasteiger partial charge in [-0.05, 0) is 0 Å². The minimum absolute atomic E-state index is 0. The van der Waals surface area contributed by atoms with E-state index >= 15 is 0 Å². The fourth-order valence-corrected chi connectivity index (χ4v) is 0.777. The van der Waals surface area contributed by atoms with Crippen LogP contribution in [-0.4, -0.2) is 52.5 Å². The van der Waals surface area contributed by atoms with Crippen molar-refractivity contribution in [2.45, 2.75) is 20.8 Å². The van der Waals surface area contributed by atoms with E-state index in [9.17, 15) is 4.79 Å². The van der Waals surface area contributed by atoms with Crippen LogP contribution in [0.4, 0.5) is 0 Å². The number of hydrogen-bond acceptors (Lipinski definition) is 3. The van der Waals surface area contributed by atoms with E-state index in [2.05, 4.69) is 10.6 Å². The molecule has 0 aliphatic heterocycles. The summed E-state index contributed by atoms with van der Waals surface area (Å²) in [6.45, 7) is 9.08. The summed E-state index contributed by atoms with van der Waals surface area (Å²) in [4.78, 5) is 10.4. The maximum absolute atomic E-state index is 10.4. The number of amides is 1. The zero-order chi connectivity index (χ0) is 12.6. The van der Waals surface area contributed by atoms with Gasteiger partial charge in [-0.15, -0.1) is 6.54 Å². The van der Waals surface area contributed by atoms with E-state index in [1.54, 1.807) is 7.05 Å². The summed E-state index contributed by atoms with van der Waals surface area (Å²) >= 11 is 0. The van der Waals surface area contributed by atoms with Gasteiger partial charge in [0.2, 0.25) is 5.91 Å². The first kappa shape index (κ1) is 22.6. The third-order valence-electron chi connectivity index (χ3n) is 1.45. The molecule has 0 heterocycles. The smallest absolute Gasteiger partial charge is 0.216 e. The van der Waals surface area contributed by atoms with Crippen molar-refractivity contribution in [1.29, 1.82) is 0 Å². The Morgan fingerprint density at radius 2 is 1.65 bits per heavy atom. The molecular formula is C11H25N2O3Y-. The number of rotatable bonds is 9. The number of ether oxygens (including phenoxy) is 2. The van der Waals surface area contributed by atoms with Crippen LogP contribution < -0.4 is 5.32 Å². The van der Waals surface area contributed by atoms with E-state index in [-0.39, 0.29) is 38.6 Å². The second kappa shape index (κ2) is 21.7. The number of nitrogens with zero attached hydrogens (tertiary/aromatic N) is 1. The van der Waals surface area contributed by atoms with Gasteiger partial charge in [0.05, 0.1) is 19.8 Å². The Kier molecular flexibility index (Phi) is 28.9. The van der Waals surface area contributed by atoms with Crippen LogP contribution in [0.15, 0.2) is 0 Å². The average Bonchev–Trinajstić information content (AvgIpc) is 2.29. The Morgan fingerprint density at radius 1 is 1.12 bits per heavy atom. The molecule has 5 nitrogen and oxygen atoms in total. The molecule has 0 rings (SSSR count). The first-order valence-corrected chi connectivity index (χ1v) is 5.73. The molecule has 0 spiro atoms. The summed E-state index contributed by atoms with van der Waals surface area (Å²) in [6, 6.07) is 0. The molecule has 101 valence electrons. The fourth-order valence-electron chi connectivity index (χ4n) is 0.777. The van der Waals surface area contributed by atoms with Crippen LogP contribution in [0.2, 0.25) is 0 Å². The van der Waals surface area contributed by atoms with Crippen LogP contribution in [0.3, 0.4) is 0 Å². The van der Waals surface area contributed by atoms with Gasteiger partial charge in [-0.3, -0.25) is 4.79 Å². The van der Waals surface area contributed by atoms with Gasteiger partial charge in [0.15, 0.2) is 0 Å². The molecule has 0 aromatic carbocycles. The molecule has 0 aliphatic carbocycles. The molecule has 0 aromatic rings. The molecule has 1 amide bonds. The Bertz CT molecular complexity index is 149. The van der Waals surface area contributed by atoms with Crippen LogP contribution in [0.1, 0.15) is 20.8 Å². The van der Waals surface area contributed by atoms with Gasteiger partial charge in [0.1, 0.15) is 0 Å². The van der Waals surface area contributed by atoms with Gasteiger partial charge in [0.25, 0.3) is 0 Å². The van der Waals surface area contributed by atoms with Crippen molar-refractivity contribution in [1.82, 2.24) is 5.32 Å². The van der Waals surface area contributed by atoms with E-state index in [1.165, 1.54) is 6.92 Å². The van der Waals surface area contributed by atoms with Crippen molar-refractivity contribution < 1.29 is 47.0 Å². The zero-order valence-electron chi connectivity index (χ0n) is 11.5. The van der Waals surface area contributed by atoms with E-state index in [0.717, 1.165) is 6.54 Å². The Labute approximate surface area is 130 Å². The first-order valence-electron chi connectivity index (χ1n) is 5.73. The predicted molar refractivity (Wildman–Crippen MR) is 65.8 cm³/mol. The largest absolute Gasteiger partial charge is 0.663 e. The third-order valence-corrected chi connectivity index (χ3v) is 1.45. The van der Waals surface area contributed by atoms with Gasteiger partial charge in [0, 0.05) is 52.8 Å². The monoisotopic (exact) mass is 322 g/mol. The second-order valence-corrected chi connectivity index (χ2v) is 2.75. The predicted octanol–water partition coefficient (Wildman–Crippen LogP) is 1.18. The Morgan fingerprint density at radius 3 is 2.12 bits per heavy atom. The molecule has 0 aliphatic rings. The average molecular weight is 322 g/mol. The van der Waals surface area contributed by atoms with Crippen molar-refractivity contribution in [2.75, 3.05) is 46.6 Å². The Balaban J connectivity index is -0.000000616. The van der Waals surface area contributed by atoms with Crippen molar-refractivity contribution in [3.05, 3.63) is 5.32 Å². The van der Waals surface area contributed by atoms with Gasteiger partial charge in [-0.2, -0.15) is 7.05 Å². The molecule has 0 unspecified atom stereocenters. The van der Waals surface area contributed by atoms with Gasteiger partial charge in [-0.25, -0.2) is 0 Å². The topological polar surface area (TPSA) is 61.7 Å². The second-order valence-electron chi connectivity index (χ2n) is 2.75. The maximum Gasteiger partial charge on any atom is 0.216 e. The van der Waals surface area contributed by atoms with E-state index in [1.807, 2.05) is 13.8 Å². The van der Waals surface area contributed by atoms with Gasteiger partial charge in [-0.1, -0.05) is 13.8 Å². The Hall–Kier alpha value is 0.454. The van der Waals surface area contributed by atoms with Crippen molar-refractivity contribution in [3.8, 4) is 0 Å². The van der Waals surface area contributed by atoms with E-state index in [0.29, 0.717) is 33.0 Å². The molecule has 0 bridgehead atoms. The number of likely N-dealkylation sites (N-methyl/N-ethyl adjacent to an activating group) is 1. The molecule has 0 aromatic heterocycles. The maximum atomic E-state index is 10.4. The molecule has 17 heavy (non-hydrogen) atoms. The van der Waals surface area contributed by atoms with Crippen LogP contribution >= 0.6 is 0 Å². The molecule has 0 saturated heterocycles. The van der Waals surface area contributed by atoms with E-state index < -0.39 is 0 Å². The van der Waals surface area contributed by atoms with Crippen LogP contribution in [-0.2, 0) is 47.0 Å². The summed E-state index contributed by atoms with van der Waals surface area (Å²) < 4.78 is 10.4. The van der Waals surface area contributed by atoms with Crippen molar-refractivity contribution in [3.63, 3.8) is 0 Å². The zero-order valence-corrected chi connectivity index (χ0v) is 14.3. The molecule has 6 heteroatoms. The summed E-state index contributed by atoms with van der Waals surface area (Å²) in [6.07, 6.45) is 0. The van der Waals surface area contributed by atoms with Gasteiger partial charge < -0.3 is 20.1 Å². The molecule has 0 fully saturated rings. The molecular weight excluding hydrogens is 297 g/mol. The van der Waals surface area contributed by atoms with Crippen LogP contribution in [0, 0.1) is 0 Å². The van der Waals surface area contributed by atoms with Crippen molar-refractivity contribution in [2.24, 2.45) is 0 Å². The molecule has 0 atom stereocenters. The minimum atomic E-state index is -0.0330. The summed E-state index contributed by atoms with van der Waals surface area (Å²) in [5.74, 6) is -0.0330. The summed E-state index contributed by atoms with van der Waals surface area (Å²) in [5, 5.41) is 6.53. The number of carbonyl (C=O) groups is 1. The number of carbonyl (C=O) groups excluding carboxylic acids is 1. The normalized spacial score (nSPS) is 8.71. The molecule has 0 saturated carbocycles. The number of hydrogen-bond donors (Lipinski definition) is 1. The number of nitrogens with one attached hydrogen (secondary N) is 1. The third kappa shape index (κ3) is 26.2. The quantitative estimate of drug-likeness (QED) is 0.649. The standard InChI is InChI=1S/C9H19N2O3.C2H6.Y/c1-9(12)11-4-6-14-8-7-13-5-3-10-2;1-2;/h3-8H2,1-2H3,(H,11,12);1-2H3;/q-1;;. The van der Waals surface area contributed by atoms with Crippen molar-refractivity contribution >= 4 is 5.91 Å². The van der Waals surface area contributed by atoms with E-state index in [4.69, 9.17) is 9.47 Å².